The Morgan fingerprint density at radius 2 is 2.20 bits per heavy atom. The van der Waals surface area contributed by atoms with E-state index in [1.807, 2.05) is 19.2 Å². The lowest BCUT2D eigenvalue weighted by Crippen LogP contribution is -2.29. The summed E-state index contributed by atoms with van der Waals surface area (Å²) in [5, 5.41) is 3.49. The Hall–Kier alpha value is -2.80. The molecule has 0 saturated carbocycles. The Kier molecular flexibility index (Phi) is 3.93. The molecule has 1 saturated heterocycles. The maximum Gasteiger partial charge on any atom is 0.263 e. The molecule has 0 spiro atoms. The summed E-state index contributed by atoms with van der Waals surface area (Å²) < 4.78 is 15.3. The minimum absolute atomic E-state index is 0.00293. The Morgan fingerprint density at radius 3 is 2.92 bits per heavy atom. The predicted octanol–water partition coefficient (Wildman–Crippen LogP) is 2.55. The summed E-state index contributed by atoms with van der Waals surface area (Å²) in [5.41, 5.74) is 0.993. The molecule has 4 rings (SSSR count). The zero-order chi connectivity index (χ0) is 17.4. The van der Waals surface area contributed by atoms with Crippen LogP contribution in [0.1, 0.15) is 12.5 Å². The van der Waals surface area contributed by atoms with Crippen LogP contribution < -0.4 is 10.9 Å². The van der Waals surface area contributed by atoms with Crippen LogP contribution in [0.3, 0.4) is 0 Å². The van der Waals surface area contributed by atoms with Gasteiger partial charge >= 0.3 is 0 Å². The number of likely N-dealkylation sites (tertiary alicyclic amines) is 1. The van der Waals surface area contributed by atoms with Gasteiger partial charge in [-0.3, -0.25) is 14.3 Å². The summed E-state index contributed by atoms with van der Waals surface area (Å²) in [4.78, 5) is 23.9. The molecule has 25 heavy (non-hydrogen) atoms. The monoisotopic (exact) mass is 339 g/mol. The van der Waals surface area contributed by atoms with Gasteiger partial charge < -0.3 is 10.2 Å². The maximum absolute atomic E-state index is 13.6. The van der Waals surface area contributed by atoms with E-state index in [1.165, 1.54) is 18.2 Å². The van der Waals surface area contributed by atoms with Crippen molar-refractivity contribution in [2.24, 2.45) is 0 Å². The van der Waals surface area contributed by atoms with Crippen LogP contribution >= 0.6 is 0 Å². The normalized spacial score (nSPS) is 17.9. The van der Waals surface area contributed by atoms with Gasteiger partial charge in [-0.1, -0.05) is 0 Å². The largest absolute Gasteiger partial charge is 0.324 e. The highest BCUT2D eigenvalue weighted by Gasteiger charge is 2.26. The first-order valence-corrected chi connectivity index (χ1v) is 8.19. The van der Waals surface area contributed by atoms with Crippen LogP contribution in [0.2, 0.25) is 0 Å². The molecule has 1 atom stereocenters. The Balaban J connectivity index is 1.89. The average molecular weight is 339 g/mol. The van der Waals surface area contributed by atoms with E-state index in [1.54, 1.807) is 17.0 Å². The van der Waals surface area contributed by atoms with E-state index in [0.29, 0.717) is 16.9 Å². The number of benzene rings is 1. The SMILES string of the molecule is CN1CC[C@@H](n2c(Nc3cccnc3)nc3ccc(F)cc3c2=O)C1. The number of aromatic nitrogens is 3. The second-order valence-corrected chi connectivity index (χ2v) is 6.34. The fourth-order valence-electron chi connectivity index (χ4n) is 3.29. The molecule has 128 valence electrons. The third-order valence-corrected chi connectivity index (χ3v) is 4.51. The summed E-state index contributed by atoms with van der Waals surface area (Å²) >= 11 is 0. The number of hydrogen-bond donors (Lipinski definition) is 1. The van der Waals surface area contributed by atoms with Crippen LogP contribution in [-0.4, -0.2) is 39.6 Å². The van der Waals surface area contributed by atoms with E-state index < -0.39 is 5.82 Å². The van der Waals surface area contributed by atoms with Crippen molar-refractivity contribution >= 4 is 22.5 Å². The number of fused-ring (bicyclic) bond motifs is 1. The number of nitrogens with zero attached hydrogens (tertiary/aromatic N) is 4. The molecule has 0 amide bonds. The number of hydrogen-bond acceptors (Lipinski definition) is 5. The number of likely N-dealkylation sites (N-methyl/N-ethyl adjacent to an activating group) is 1. The Labute approximate surface area is 143 Å². The van der Waals surface area contributed by atoms with Crippen molar-refractivity contribution in [2.45, 2.75) is 12.5 Å². The van der Waals surface area contributed by atoms with Gasteiger partial charge in [-0.2, -0.15) is 0 Å². The molecule has 1 N–H and O–H groups in total. The van der Waals surface area contributed by atoms with Gasteiger partial charge in [-0.25, -0.2) is 9.37 Å². The van der Waals surface area contributed by atoms with Crippen molar-refractivity contribution in [2.75, 3.05) is 25.5 Å². The van der Waals surface area contributed by atoms with Gasteiger partial charge in [0.05, 0.1) is 28.8 Å². The summed E-state index contributed by atoms with van der Waals surface area (Å²) in [6.07, 6.45) is 4.20. The van der Waals surface area contributed by atoms with Gasteiger partial charge in [0.1, 0.15) is 5.82 Å². The summed E-state index contributed by atoms with van der Waals surface area (Å²) in [7, 11) is 2.02. The number of rotatable bonds is 3. The number of pyridine rings is 1. The van der Waals surface area contributed by atoms with Crippen LogP contribution in [-0.2, 0) is 0 Å². The van der Waals surface area contributed by atoms with Crippen molar-refractivity contribution in [1.82, 2.24) is 19.4 Å². The molecule has 6 nitrogen and oxygen atoms in total. The summed E-state index contributed by atoms with van der Waals surface area (Å²) in [6, 6.07) is 7.77. The van der Waals surface area contributed by atoms with Gasteiger partial charge in [0.15, 0.2) is 0 Å². The van der Waals surface area contributed by atoms with Crippen molar-refractivity contribution in [1.29, 1.82) is 0 Å². The minimum Gasteiger partial charge on any atom is -0.324 e. The zero-order valence-corrected chi connectivity index (χ0v) is 13.8. The van der Waals surface area contributed by atoms with Crippen molar-refractivity contribution in [3.63, 3.8) is 0 Å². The first-order valence-electron chi connectivity index (χ1n) is 8.19. The van der Waals surface area contributed by atoms with Crippen LogP contribution in [0.15, 0.2) is 47.5 Å². The topological polar surface area (TPSA) is 63.1 Å². The lowest BCUT2D eigenvalue weighted by atomic mass is 10.2. The van der Waals surface area contributed by atoms with Crippen molar-refractivity contribution in [3.05, 3.63) is 58.9 Å². The standard InChI is InChI=1S/C18H18FN5O/c1-23-8-6-14(11-23)24-17(25)15-9-12(19)4-5-16(15)22-18(24)21-13-3-2-7-20-10-13/h2-5,7,9-10,14H,6,8,11H2,1H3,(H,21,22)/t14-/m1/s1. The van der Waals surface area contributed by atoms with Gasteiger partial charge in [-0.05, 0) is 50.3 Å². The molecule has 0 radical (unpaired) electrons. The van der Waals surface area contributed by atoms with E-state index in [2.05, 4.69) is 20.2 Å². The first kappa shape index (κ1) is 15.7. The molecule has 1 aliphatic heterocycles. The first-order chi connectivity index (χ1) is 12.1. The molecule has 1 fully saturated rings. The number of nitrogens with one attached hydrogen (secondary N) is 1. The minimum atomic E-state index is -0.436. The quantitative estimate of drug-likeness (QED) is 0.794. The van der Waals surface area contributed by atoms with Crippen LogP contribution in [0.4, 0.5) is 16.0 Å². The van der Waals surface area contributed by atoms with Gasteiger partial charge in [0, 0.05) is 12.7 Å². The third kappa shape index (κ3) is 2.98. The highest BCUT2D eigenvalue weighted by atomic mass is 19.1. The Morgan fingerprint density at radius 1 is 1.32 bits per heavy atom. The molecule has 1 aromatic carbocycles. The van der Waals surface area contributed by atoms with Gasteiger partial charge in [0.2, 0.25) is 5.95 Å². The summed E-state index contributed by atoms with van der Waals surface area (Å²) in [5.74, 6) is 0.0202. The molecule has 3 aromatic rings. The van der Waals surface area contributed by atoms with Gasteiger partial charge in [-0.15, -0.1) is 0 Å². The molecule has 7 heteroatoms. The lowest BCUT2D eigenvalue weighted by Gasteiger charge is -2.20. The van der Waals surface area contributed by atoms with E-state index in [-0.39, 0.29) is 11.6 Å². The van der Waals surface area contributed by atoms with Crippen LogP contribution in [0, 0.1) is 5.82 Å². The van der Waals surface area contributed by atoms with E-state index in [0.717, 1.165) is 25.2 Å². The predicted molar refractivity (Wildman–Crippen MR) is 94.6 cm³/mol. The molecular formula is C18H18FN5O. The average Bonchev–Trinajstić information content (AvgIpc) is 3.03. The van der Waals surface area contributed by atoms with Crippen LogP contribution in [0.5, 0.6) is 0 Å². The number of anilines is 2. The molecule has 0 aliphatic carbocycles. The molecule has 0 unspecified atom stereocenters. The molecule has 2 aromatic heterocycles. The molecule has 3 heterocycles. The maximum atomic E-state index is 13.6. The van der Waals surface area contributed by atoms with E-state index >= 15 is 0 Å². The molecule has 0 bridgehead atoms. The molecule has 1 aliphatic rings. The highest BCUT2D eigenvalue weighted by Crippen LogP contribution is 2.25. The number of halogens is 1. The van der Waals surface area contributed by atoms with E-state index in [9.17, 15) is 9.18 Å². The Bertz CT molecular complexity index is 972. The van der Waals surface area contributed by atoms with E-state index in [4.69, 9.17) is 0 Å². The lowest BCUT2D eigenvalue weighted by molar-refractivity contribution is 0.391. The molecular weight excluding hydrogens is 321 g/mol. The van der Waals surface area contributed by atoms with Crippen LogP contribution in [0.25, 0.3) is 10.9 Å². The van der Waals surface area contributed by atoms with Gasteiger partial charge in [0.25, 0.3) is 5.56 Å². The fourth-order valence-corrected chi connectivity index (χ4v) is 3.29. The smallest absolute Gasteiger partial charge is 0.263 e. The third-order valence-electron chi connectivity index (χ3n) is 4.51. The second kappa shape index (κ2) is 6.25. The van der Waals surface area contributed by atoms with Crippen molar-refractivity contribution in [3.8, 4) is 0 Å². The highest BCUT2D eigenvalue weighted by molar-refractivity contribution is 5.79. The fraction of sp³-hybridized carbons (Fsp3) is 0.278. The zero-order valence-electron chi connectivity index (χ0n) is 13.8. The van der Waals surface area contributed by atoms with Crippen molar-refractivity contribution < 1.29 is 4.39 Å². The summed E-state index contributed by atoms with van der Waals surface area (Å²) in [6.45, 7) is 1.66. The second-order valence-electron chi connectivity index (χ2n) is 6.34.